The number of carbonyl (C=O) groups excluding carboxylic acids is 1. The number of hydrogen-bond donors (Lipinski definition) is 0. The standard InChI is InChI=1S/C21H17N3O2/c1-26-17-12-10-16(11-13-17)24(15-25)21-9-5-4-8-20(21)23-14-22-18-6-2-3-7-19(18)23/h2-15H,1H3. The normalized spacial score (nSPS) is 10.7. The maximum absolute atomic E-state index is 11.9. The minimum Gasteiger partial charge on any atom is -0.497 e. The summed E-state index contributed by atoms with van der Waals surface area (Å²) in [5.74, 6) is 0.744. The first-order valence-electron chi connectivity index (χ1n) is 8.22. The molecule has 5 heteroatoms. The van der Waals surface area contributed by atoms with Gasteiger partial charge in [-0.3, -0.25) is 14.3 Å². The first-order chi connectivity index (χ1) is 12.8. The van der Waals surface area contributed by atoms with E-state index in [1.54, 1.807) is 18.3 Å². The summed E-state index contributed by atoms with van der Waals surface area (Å²) in [4.78, 5) is 18.0. The van der Waals surface area contributed by atoms with Crippen molar-refractivity contribution in [3.05, 3.63) is 79.1 Å². The molecule has 4 rings (SSSR count). The van der Waals surface area contributed by atoms with Crippen molar-refractivity contribution in [1.29, 1.82) is 0 Å². The van der Waals surface area contributed by atoms with E-state index in [-0.39, 0.29) is 0 Å². The number of imidazole rings is 1. The number of benzene rings is 3. The van der Waals surface area contributed by atoms with Crippen LogP contribution in [0.2, 0.25) is 0 Å². The molecule has 4 aromatic rings. The molecule has 0 saturated carbocycles. The van der Waals surface area contributed by atoms with Crippen LogP contribution in [0.5, 0.6) is 5.75 Å². The monoisotopic (exact) mass is 343 g/mol. The smallest absolute Gasteiger partial charge is 0.218 e. The number of amides is 1. The molecule has 0 bridgehead atoms. The second kappa shape index (κ2) is 6.72. The lowest BCUT2D eigenvalue weighted by Gasteiger charge is -2.21. The Labute approximate surface area is 151 Å². The second-order valence-corrected chi connectivity index (χ2v) is 5.77. The summed E-state index contributed by atoms with van der Waals surface area (Å²) >= 11 is 0. The van der Waals surface area contributed by atoms with Gasteiger partial charge in [-0.1, -0.05) is 24.3 Å². The van der Waals surface area contributed by atoms with Crippen LogP contribution in [-0.4, -0.2) is 23.1 Å². The molecule has 3 aromatic carbocycles. The number of methoxy groups -OCH3 is 1. The average Bonchev–Trinajstić information content (AvgIpc) is 3.13. The highest BCUT2D eigenvalue weighted by Crippen LogP contribution is 2.32. The first kappa shape index (κ1) is 15.9. The van der Waals surface area contributed by atoms with Crippen molar-refractivity contribution in [2.45, 2.75) is 0 Å². The number of para-hydroxylation sites is 4. The van der Waals surface area contributed by atoms with Crippen LogP contribution in [0.1, 0.15) is 0 Å². The molecule has 0 N–H and O–H groups in total. The molecular weight excluding hydrogens is 326 g/mol. The highest BCUT2D eigenvalue weighted by molar-refractivity contribution is 5.91. The van der Waals surface area contributed by atoms with Crippen molar-refractivity contribution in [3.63, 3.8) is 0 Å². The van der Waals surface area contributed by atoms with Gasteiger partial charge in [0.1, 0.15) is 12.1 Å². The summed E-state index contributed by atoms with van der Waals surface area (Å²) in [6.07, 6.45) is 2.60. The molecule has 26 heavy (non-hydrogen) atoms. The number of carbonyl (C=O) groups is 1. The largest absolute Gasteiger partial charge is 0.497 e. The molecule has 0 radical (unpaired) electrons. The average molecular weight is 343 g/mol. The topological polar surface area (TPSA) is 47.4 Å². The van der Waals surface area contributed by atoms with Crippen molar-refractivity contribution < 1.29 is 9.53 Å². The summed E-state index contributed by atoms with van der Waals surface area (Å²) < 4.78 is 7.19. The predicted octanol–water partition coefficient (Wildman–Crippen LogP) is 4.33. The Kier molecular flexibility index (Phi) is 4.11. The second-order valence-electron chi connectivity index (χ2n) is 5.77. The van der Waals surface area contributed by atoms with Gasteiger partial charge in [-0.2, -0.15) is 0 Å². The van der Waals surface area contributed by atoms with Crippen LogP contribution in [0.25, 0.3) is 16.7 Å². The third kappa shape index (κ3) is 2.69. The van der Waals surface area contributed by atoms with Gasteiger partial charge in [0.25, 0.3) is 0 Å². The van der Waals surface area contributed by atoms with Gasteiger partial charge in [0.15, 0.2) is 0 Å². The van der Waals surface area contributed by atoms with Gasteiger partial charge in [0.05, 0.1) is 29.5 Å². The van der Waals surface area contributed by atoms with Gasteiger partial charge < -0.3 is 4.74 Å². The van der Waals surface area contributed by atoms with E-state index >= 15 is 0 Å². The lowest BCUT2D eigenvalue weighted by molar-refractivity contribution is -0.106. The molecule has 0 aliphatic heterocycles. The van der Waals surface area contributed by atoms with Gasteiger partial charge in [0.2, 0.25) is 6.41 Å². The van der Waals surface area contributed by atoms with E-state index in [2.05, 4.69) is 4.98 Å². The Balaban J connectivity index is 1.85. The number of rotatable bonds is 5. The van der Waals surface area contributed by atoms with Crippen LogP contribution in [0.4, 0.5) is 11.4 Å². The third-order valence-electron chi connectivity index (χ3n) is 4.31. The molecule has 0 spiro atoms. The molecule has 0 saturated heterocycles. The number of hydrogen-bond acceptors (Lipinski definition) is 3. The zero-order valence-electron chi connectivity index (χ0n) is 14.2. The number of anilines is 2. The maximum atomic E-state index is 11.9. The SMILES string of the molecule is COc1ccc(N(C=O)c2ccccc2-n2cnc3ccccc32)cc1. The molecule has 0 fully saturated rings. The van der Waals surface area contributed by atoms with Crippen molar-refractivity contribution in [3.8, 4) is 11.4 Å². The van der Waals surface area contributed by atoms with E-state index in [0.717, 1.165) is 40.3 Å². The number of fused-ring (bicyclic) bond motifs is 1. The van der Waals surface area contributed by atoms with Gasteiger partial charge in [0, 0.05) is 5.69 Å². The Morgan fingerprint density at radius 2 is 1.69 bits per heavy atom. The van der Waals surface area contributed by atoms with Gasteiger partial charge in [-0.15, -0.1) is 0 Å². The number of ether oxygens (including phenoxy) is 1. The summed E-state index contributed by atoms with van der Waals surface area (Å²) in [5, 5.41) is 0. The van der Waals surface area contributed by atoms with Crippen molar-refractivity contribution in [2.24, 2.45) is 0 Å². The number of aromatic nitrogens is 2. The van der Waals surface area contributed by atoms with E-state index in [4.69, 9.17) is 4.74 Å². The quantitative estimate of drug-likeness (QED) is 0.507. The lowest BCUT2D eigenvalue weighted by Crippen LogP contribution is -2.16. The third-order valence-corrected chi connectivity index (χ3v) is 4.31. The Morgan fingerprint density at radius 3 is 2.46 bits per heavy atom. The van der Waals surface area contributed by atoms with Crippen LogP contribution >= 0.6 is 0 Å². The molecule has 1 heterocycles. The minimum absolute atomic E-state index is 0.744. The summed E-state index contributed by atoms with van der Waals surface area (Å²) in [6.45, 7) is 0. The zero-order chi connectivity index (χ0) is 17.9. The van der Waals surface area contributed by atoms with Crippen LogP contribution in [0, 0.1) is 0 Å². The van der Waals surface area contributed by atoms with Crippen molar-refractivity contribution in [2.75, 3.05) is 12.0 Å². The Bertz CT molecular complexity index is 1050. The summed E-state index contributed by atoms with van der Waals surface area (Å²) in [7, 11) is 1.62. The Hall–Kier alpha value is -3.60. The van der Waals surface area contributed by atoms with Crippen molar-refractivity contribution in [1.82, 2.24) is 9.55 Å². The molecule has 1 amide bonds. The van der Waals surface area contributed by atoms with E-state index < -0.39 is 0 Å². The highest BCUT2D eigenvalue weighted by atomic mass is 16.5. The fourth-order valence-electron chi connectivity index (χ4n) is 3.02. The van der Waals surface area contributed by atoms with Gasteiger partial charge in [-0.05, 0) is 48.5 Å². The maximum Gasteiger partial charge on any atom is 0.218 e. The van der Waals surface area contributed by atoms with E-state index in [0.29, 0.717) is 0 Å². The van der Waals surface area contributed by atoms with Crippen LogP contribution in [-0.2, 0) is 4.79 Å². The molecule has 0 atom stereocenters. The van der Waals surface area contributed by atoms with E-state index in [1.807, 2.05) is 77.4 Å². The zero-order valence-corrected chi connectivity index (χ0v) is 14.2. The van der Waals surface area contributed by atoms with Crippen LogP contribution in [0.3, 0.4) is 0 Å². The molecule has 128 valence electrons. The molecule has 0 unspecified atom stereocenters. The lowest BCUT2D eigenvalue weighted by atomic mass is 10.2. The van der Waals surface area contributed by atoms with Crippen LogP contribution < -0.4 is 9.64 Å². The van der Waals surface area contributed by atoms with Crippen LogP contribution in [0.15, 0.2) is 79.1 Å². The van der Waals surface area contributed by atoms with E-state index in [9.17, 15) is 4.79 Å². The molecule has 5 nitrogen and oxygen atoms in total. The summed E-state index contributed by atoms with van der Waals surface area (Å²) in [5.41, 5.74) is 4.31. The summed E-state index contributed by atoms with van der Waals surface area (Å²) in [6, 6.07) is 23.1. The minimum atomic E-state index is 0.744. The number of nitrogens with zero attached hydrogens (tertiary/aromatic N) is 3. The predicted molar refractivity (Wildman–Crippen MR) is 102 cm³/mol. The molecule has 0 aliphatic rings. The van der Waals surface area contributed by atoms with Crippen molar-refractivity contribution >= 4 is 28.8 Å². The van der Waals surface area contributed by atoms with E-state index in [1.165, 1.54) is 0 Å². The van der Waals surface area contributed by atoms with Gasteiger partial charge in [-0.25, -0.2) is 4.98 Å². The first-order valence-corrected chi connectivity index (χ1v) is 8.22. The fourth-order valence-corrected chi connectivity index (χ4v) is 3.02. The Morgan fingerprint density at radius 1 is 0.962 bits per heavy atom. The fraction of sp³-hybridized carbons (Fsp3) is 0.0476. The molecular formula is C21H17N3O2. The highest BCUT2D eigenvalue weighted by Gasteiger charge is 2.15. The molecule has 1 aromatic heterocycles. The molecule has 0 aliphatic carbocycles. The van der Waals surface area contributed by atoms with Gasteiger partial charge >= 0.3 is 0 Å².